The summed E-state index contributed by atoms with van der Waals surface area (Å²) < 4.78 is 19.6. The molecule has 0 radical (unpaired) electrons. The first kappa shape index (κ1) is 21.6. The van der Waals surface area contributed by atoms with Crippen molar-refractivity contribution in [2.75, 3.05) is 25.0 Å². The molecule has 2 saturated heterocycles. The number of ether oxygens (including phenoxy) is 1. The third kappa shape index (κ3) is 4.47. The maximum atomic E-state index is 14.4. The fraction of sp³-hybridized carbons (Fsp3) is 0.409. The van der Waals surface area contributed by atoms with Crippen molar-refractivity contribution >= 4 is 40.3 Å². The number of piperidine rings is 1. The minimum Gasteiger partial charge on any atom is -0.452 e. The van der Waals surface area contributed by atoms with Crippen LogP contribution >= 0.6 is 11.6 Å². The maximum absolute atomic E-state index is 14.4. The van der Waals surface area contributed by atoms with Gasteiger partial charge in [-0.25, -0.2) is 19.3 Å². The number of carbonyl (C=O) groups excluding carboxylic acids is 2. The molecule has 2 aliphatic heterocycles. The summed E-state index contributed by atoms with van der Waals surface area (Å²) in [7, 11) is 0. The molecule has 2 fully saturated rings. The molecule has 2 atom stereocenters. The zero-order chi connectivity index (χ0) is 22.9. The Hall–Kier alpha value is -3.27. The van der Waals surface area contributed by atoms with Gasteiger partial charge in [0.15, 0.2) is 23.6 Å². The van der Waals surface area contributed by atoms with Crippen LogP contribution in [0, 0.1) is 11.7 Å². The summed E-state index contributed by atoms with van der Waals surface area (Å²) in [5, 5.41) is 4.30. The van der Waals surface area contributed by atoms with Crippen molar-refractivity contribution in [3.63, 3.8) is 0 Å². The molecule has 3 aromatic rings. The number of fused-ring (bicyclic) bond motifs is 1. The minimum absolute atomic E-state index is 0.0949. The molecule has 0 aliphatic carbocycles. The molecule has 2 N–H and O–H groups in total. The van der Waals surface area contributed by atoms with Crippen LogP contribution in [-0.2, 0) is 14.3 Å². The number of aromatic amines is 1. The van der Waals surface area contributed by atoms with E-state index in [1.807, 2.05) is 0 Å². The van der Waals surface area contributed by atoms with Crippen molar-refractivity contribution in [2.45, 2.75) is 31.8 Å². The predicted molar refractivity (Wildman–Crippen MR) is 119 cm³/mol. The molecule has 0 aromatic carbocycles. The van der Waals surface area contributed by atoms with Crippen LogP contribution in [0.4, 0.5) is 10.2 Å². The molecule has 0 saturated carbocycles. The van der Waals surface area contributed by atoms with E-state index in [1.165, 1.54) is 6.20 Å². The predicted octanol–water partition coefficient (Wildman–Crippen LogP) is 3.17. The van der Waals surface area contributed by atoms with E-state index in [9.17, 15) is 14.0 Å². The van der Waals surface area contributed by atoms with Gasteiger partial charge in [-0.15, -0.1) is 0 Å². The van der Waals surface area contributed by atoms with Gasteiger partial charge in [-0.2, -0.15) is 0 Å². The molecular weight excluding hydrogens is 451 g/mol. The molecule has 2 aliphatic rings. The number of H-pyrrole nitrogens is 1. The molecule has 33 heavy (non-hydrogen) atoms. The molecule has 5 heterocycles. The second kappa shape index (κ2) is 8.93. The maximum Gasteiger partial charge on any atom is 0.306 e. The summed E-state index contributed by atoms with van der Waals surface area (Å²) in [5.74, 6) is -0.472. The summed E-state index contributed by atoms with van der Waals surface area (Å²) in [6, 6.07) is 1.75. The number of pyridine rings is 1. The van der Waals surface area contributed by atoms with Gasteiger partial charge < -0.3 is 19.9 Å². The minimum atomic E-state index is -0.676. The Morgan fingerprint density at radius 1 is 1.33 bits per heavy atom. The summed E-state index contributed by atoms with van der Waals surface area (Å²) in [5.41, 5.74) is 1.31. The normalized spacial score (nSPS) is 20.8. The number of hydrogen-bond acceptors (Lipinski definition) is 7. The number of nitrogens with one attached hydrogen (secondary N) is 2. The SMILES string of the molecule is O=C1CC[C@H](C(=O)N2CCC[C@H](CNc3nc(-c4c[nH]c5ncc(Cl)cc45)ncc3F)C2)O1. The monoisotopic (exact) mass is 472 g/mol. The highest BCUT2D eigenvalue weighted by atomic mass is 35.5. The molecule has 0 bridgehead atoms. The van der Waals surface area contributed by atoms with E-state index < -0.39 is 11.9 Å². The zero-order valence-electron chi connectivity index (χ0n) is 17.7. The van der Waals surface area contributed by atoms with Crippen LogP contribution in [0.1, 0.15) is 25.7 Å². The molecule has 0 spiro atoms. The van der Waals surface area contributed by atoms with Crippen LogP contribution in [0.5, 0.6) is 0 Å². The van der Waals surface area contributed by atoms with E-state index in [1.54, 1.807) is 17.2 Å². The number of carbonyl (C=O) groups is 2. The fourth-order valence-corrected chi connectivity index (χ4v) is 4.52. The van der Waals surface area contributed by atoms with Crippen molar-refractivity contribution in [3.8, 4) is 11.4 Å². The van der Waals surface area contributed by atoms with E-state index in [2.05, 4.69) is 25.3 Å². The molecule has 9 nitrogen and oxygen atoms in total. The van der Waals surface area contributed by atoms with Crippen LogP contribution in [0.3, 0.4) is 0 Å². The number of hydrogen-bond donors (Lipinski definition) is 2. The second-order valence-electron chi connectivity index (χ2n) is 8.33. The first-order valence-electron chi connectivity index (χ1n) is 10.9. The van der Waals surface area contributed by atoms with Crippen molar-refractivity contribution in [1.29, 1.82) is 0 Å². The molecule has 3 aromatic heterocycles. The topological polar surface area (TPSA) is 113 Å². The van der Waals surface area contributed by atoms with E-state index in [0.717, 1.165) is 24.4 Å². The summed E-state index contributed by atoms with van der Waals surface area (Å²) in [6.45, 7) is 1.60. The lowest BCUT2D eigenvalue weighted by Crippen LogP contribution is -2.46. The Balaban J connectivity index is 1.27. The van der Waals surface area contributed by atoms with Gasteiger partial charge in [0.25, 0.3) is 5.91 Å². The van der Waals surface area contributed by atoms with Crippen molar-refractivity contribution in [2.24, 2.45) is 5.92 Å². The van der Waals surface area contributed by atoms with E-state index >= 15 is 0 Å². The third-order valence-electron chi connectivity index (χ3n) is 6.03. The number of nitrogens with zero attached hydrogens (tertiary/aromatic N) is 4. The zero-order valence-corrected chi connectivity index (χ0v) is 18.4. The molecular formula is C22H22ClFN6O3. The molecule has 5 rings (SSSR count). The molecule has 0 unspecified atom stereocenters. The number of rotatable bonds is 5. The number of halogens is 2. The second-order valence-corrected chi connectivity index (χ2v) is 8.77. The average molecular weight is 473 g/mol. The molecule has 1 amide bonds. The van der Waals surface area contributed by atoms with Gasteiger partial charge in [0, 0.05) is 55.8 Å². The Bertz CT molecular complexity index is 1220. The van der Waals surface area contributed by atoms with Gasteiger partial charge in [0.05, 0.1) is 11.2 Å². The first-order valence-corrected chi connectivity index (χ1v) is 11.2. The summed E-state index contributed by atoms with van der Waals surface area (Å²) in [4.78, 5) is 41.5. The van der Waals surface area contributed by atoms with Crippen LogP contribution in [0.25, 0.3) is 22.4 Å². The number of anilines is 1. The van der Waals surface area contributed by atoms with E-state index in [-0.39, 0.29) is 30.0 Å². The van der Waals surface area contributed by atoms with Crippen LogP contribution < -0.4 is 5.32 Å². The van der Waals surface area contributed by atoms with Gasteiger partial charge in [-0.3, -0.25) is 9.59 Å². The Labute approximate surface area is 193 Å². The standard InChI is InChI=1S/C22H22ClFN6O3/c23-13-6-14-15(9-27-19(14)26-8-13)20-28-10-16(24)21(29-20)25-7-12-2-1-5-30(11-12)22(32)17-3-4-18(31)33-17/h6,8-10,12,17H,1-5,7,11H2,(H,26,27)(H,25,28,29)/t12-,17-/m1/s1. The lowest BCUT2D eigenvalue weighted by atomic mass is 9.97. The molecule has 11 heteroatoms. The number of esters is 1. The largest absolute Gasteiger partial charge is 0.452 e. The number of amides is 1. The molecule has 172 valence electrons. The van der Waals surface area contributed by atoms with Crippen molar-refractivity contribution in [1.82, 2.24) is 24.8 Å². The van der Waals surface area contributed by atoms with Crippen molar-refractivity contribution in [3.05, 3.63) is 35.5 Å². The Kier molecular flexibility index (Phi) is 5.84. The van der Waals surface area contributed by atoms with Crippen LogP contribution in [-0.4, -0.2) is 62.5 Å². The highest BCUT2D eigenvalue weighted by molar-refractivity contribution is 6.31. The summed E-state index contributed by atoms with van der Waals surface area (Å²) >= 11 is 6.07. The number of aromatic nitrogens is 4. The van der Waals surface area contributed by atoms with Crippen molar-refractivity contribution < 1.29 is 18.7 Å². The van der Waals surface area contributed by atoms with Crippen LogP contribution in [0.15, 0.2) is 24.7 Å². The smallest absolute Gasteiger partial charge is 0.306 e. The average Bonchev–Trinajstić information content (AvgIpc) is 3.44. The Morgan fingerprint density at radius 2 is 2.21 bits per heavy atom. The van der Waals surface area contributed by atoms with Gasteiger partial charge in [-0.1, -0.05) is 11.6 Å². The third-order valence-corrected chi connectivity index (χ3v) is 6.24. The van der Waals surface area contributed by atoms with Gasteiger partial charge in [0.1, 0.15) is 5.65 Å². The number of likely N-dealkylation sites (tertiary alicyclic amines) is 1. The first-order chi connectivity index (χ1) is 16.0. The van der Waals surface area contributed by atoms with Gasteiger partial charge in [-0.05, 0) is 24.8 Å². The van der Waals surface area contributed by atoms with E-state index in [0.29, 0.717) is 48.1 Å². The quantitative estimate of drug-likeness (QED) is 0.548. The Morgan fingerprint density at radius 3 is 3.03 bits per heavy atom. The van der Waals surface area contributed by atoms with Gasteiger partial charge in [0.2, 0.25) is 0 Å². The lowest BCUT2D eigenvalue weighted by molar-refractivity contribution is -0.153. The number of cyclic esters (lactones) is 1. The summed E-state index contributed by atoms with van der Waals surface area (Å²) in [6.07, 6.45) is 6.15. The lowest BCUT2D eigenvalue weighted by Gasteiger charge is -2.34. The highest BCUT2D eigenvalue weighted by Crippen LogP contribution is 2.28. The fourth-order valence-electron chi connectivity index (χ4n) is 4.36. The van der Waals surface area contributed by atoms with Crippen LogP contribution in [0.2, 0.25) is 5.02 Å². The highest BCUT2D eigenvalue weighted by Gasteiger charge is 2.35. The van der Waals surface area contributed by atoms with E-state index in [4.69, 9.17) is 16.3 Å². The van der Waals surface area contributed by atoms with Gasteiger partial charge >= 0.3 is 5.97 Å².